The van der Waals surface area contributed by atoms with Crippen molar-refractivity contribution < 1.29 is 5.11 Å². The van der Waals surface area contributed by atoms with Crippen LogP contribution < -0.4 is 0 Å². The fourth-order valence-corrected chi connectivity index (χ4v) is 0.856. The summed E-state index contributed by atoms with van der Waals surface area (Å²) in [5, 5.41) is 9.20. The van der Waals surface area contributed by atoms with Crippen LogP contribution >= 0.6 is 11.6 Å². The highest BCUT2D eigenvalue weighted by atomic mass is 35.5. The molecule has 0 aromatic carbocycles. The Kier molecular flexibility index (Phi) is 1.58. The van der Waals surface area contributed by atoms with Crippen LogP contribution in [0.3, 0.4) is 0 Å². The molecule has 0 fully saturated rings. The molecule has 0 spiro atoms. The molecule has 2 nitrogen and oxygen atoms in total. The first-order valence-electron chi connectivity index (χ1n) is 2.51. The lowest BCUT2D eigenvalue weighted by atomic mass is 10.4. The second-order valence-corrected chi connectivity index (χ2v) is 2.18. The van der Waals surface area contributed by atoms with E-state index in [-0.39, 0.29) is 5.75 Å². The van der Waals surface area contributed by atoms with E-state index in [1.165, 1.54) is 6.07 Å². The number of aryl methyl sites for hydroxylation is 1. The molecule has 0 aliphatic heterocycles. The van der Waals surface area contributed by atoms with Crippen molar-refractivity contribution in [3.63, 3.8) is 0 Å². The van der Waals surface area contributed by atoms with Crippen LogP contribution in [0.25, 0.3) is 0 Å². The monoisotopic (exact) mass is 143 g/mol. The summed E-state index contributed by atoms with van der Waals surface area (Å²) in [5.41, 5.74) is 0.722. The molecule has 1 aromatic rings. The maximum absolute atomic E-state index is 8.87. The van der Waals surface area contributed by atoms with E-state index >= 15 is 0 Å². The molecular formula is C6H6ClNO. The van der Waals surface area contributed by atoms with Gasteiger partial charge in [0.25, 0.3) is 0 Å². The molecule has 0 atom stereocenters. The Labute approximate surface area is 58.1 Å². The molecule has 0 bridgehead atoms. The van der Waals surface area contributed by atoms with Gasteiger partial charge in [0, 0.05) is 17.8 Å². The van der Waals surface area contributed by atoms with Gasteiger partial charge in [-0.3, -0.25) is 0 Å². The number of aromatic nitrogens is 1. The Morgan fingerprint density at radius 2 is 2.22 bits per heavy atom. The Bertz CT molecular complexity index is 174. The molecule has 48 valence electrons. The van der Waals surface area contributed by atoms with E-state index < -0.39 is 0 Å². The molecule has 0 aliphatic carbocycles. The number of hydrogen-bond donors (Lipinski definition) is 1. The van der Waals surface area contributed by atoms with Crippen LogP contribution in [0.4, 0.5) is 0 Å². The van der Waals surface area contributed by atoms with E-state index in [9.17, 15) is 0 Å². The molecule has 3 heteroatoms. The van der Waals surface area contributed by atoms with Crippen molar-refractivity contribution in [3.05, 3.63) is 23.0 Å². The minimum atomic E-state index is 0.160. The van der Waals surface area contributed by atoms with Gasteiger partial charge in [0.1, 0.15) is 10.9 Å². The minimum absolute atomic E-state index is 0.160. The molecule has 0 amide bonds. The van der Waals surface area contributed by atoms with Crippen molar-refractivity contribution in [1.82, 2.24) is 4.98 Å². The molecular weight excluding hydrogens is 138 g/mol. The molecule has 0 saturated carbocycles. The van der Waals surface area contributed by atoms with Crippen LogP contribution in [0.15, 0.2) is 12.1 Å². The van der Waals surface area contributed by atoms with E-state index in [0.717, 1.165) is 5.69 Å². The van der Waals surface area contributed by atoms with Crippen molar-refractivity contribution in [2.24, 2.45) is 0 Å². The number of hydrogen-bond acceptors (Lipinski definition) is 2. The third-order valence-electron chi connectivity index (χ3n) is 0.907. The zero-order valence-corrected chi connectivity index (χ0v) is 5.68. The molecule has 1 rings (SSSR count). The Balaban J connectivity index is 3.17. The third kappa shape index (κ3) is 1.57. The van der Waals surface area contributed by atoms with Gasteiger partial charge in [-0.25, -0.2) is 4.98 Å². The molecule has 0 saturated heterocycles. The van der Waals surface area contributed by atoms with Crippen molar-refractivity contribution in [1.29, 1.82) is 0 Å². The highest BCUT2D eigenvalue weighted by Crippen LogP contribution is 2.14. The fraction of sp³-hybridized carbons (Fsp3) is 0.167. The highest BCUT2D eigenvalue weighted by Gasteiger charge is 1.92. The summed E-state index contributed by atoms with van der Waals surface area (Å²) in [4.78, 5) is 3.84. The quantitative estimate of drug-likeness (QED) is 0.562. The number of aromatic hydroxyl groups is 1. The molecule has 9 heavy (non-hydrogen) atoms. The van der Waals surface area contributed by atoms with Gasteiger partial charge in [-0.2, -0.15) is 0 Å². The fourth-order valence-electron chi connectivity index (χ4n) is 0.611. The van der Waals surface area contributed by atoms with Crippen LogP contribution in [-0.2, 0) is 0 Å². The van der Waals surface area contributed by atoms with Crippen molar-refractivity contribution in [2.45, 2.75) is 6.92 Å². The summed E-state index contributed by atoms with van der Waals surface area (Å²) in [6.45, 7) is 1.77. The maximum atomic E-state index is 8.87. The van der Waals surface area contributed by atoms with Gasteiger partial charge in [0.05, 0.1) is 0 Å². The Morgan fingerprint density at radius 3 is 2.67 bits per heavy atom. The first kappa shape index (κ1) is 6.36. The summed E-state index contributed by atoms with van der Waals surface area (Å²) in [6, 6.07) is 2.94. The lowest BCUT2D eigenvalue weighted by Gasteiger charge is -1.93. The van der Waals surface area contributed by atoms with E-state index in [1.54, 1.807) is 13.0 Å². The average Bonchev–Trinajstić information content (AvgIpc) is 1.59. The Morgan fingerprint density at radius 1 is 1.56 bits per heavy atom. The third-order valence-corrected chi connectivity index (χ3v) is 1.10. The summed E-state index contributed by atoms with van der Waals surface area (Å²) >= 11 is 5.48. The zero-order valence-electron chi connectivity index (χ0n) is 4.93. The summed E-state index contributed by atoms with van der Waals surface area (Å²) in [5.74, 6) is 0.160. The number of rotatable bonds is 0. The van der Waals surface area contributed by atoms with Gasteiger partial charge in [-0.05, 0) is 6.92 Å². The second-order valence-electron chi connectivity index (χ2n) is 1.79. The maximum Gasteiger partial charge on any atom is 0.133 e. The first-order chi connectivity index (χ1) is 4.18. The lowest BCUT2D eigenvalue weighted by Crippen LogP contribution is -1.78. The van der Waals surface area contributed by atoms with E-state index in [0.29, 0.717) is 5.15 Å². The summed E-state index contributed by atoms with van der Waals surface area (Å²) in [7, 11) is 0. The smallest absolute Gasteiger partial charge is 0.133 e. The molecule has 1 aromatic heterocycles. The largest absolute Gasteiger partial charge is 0.508 e. The van der Waals surface area contributed by atoms with Gasteiger partial charge in [0.15, 0.2) is 0 Å². The van der Waals surface area contributed by atoms with Crippen molar-refractivity contribution in [3.8, 4) is 5.75 Å². The number of halogens is 1. The molecule has 1 N–H and O–H groups in total. The van der Waals surface area contributed by atoms with Crippen LogP contribution in [0, 0.1) is 6.92 Å². The number of nitrogens with zero attached hydrogens (tertiary/aromatic N) is 1. The predicted octanol–water partition coefficient (Wildman–Crippen LogP) is 1.75. The van der Waals surface area contributed by atoms with E-state index in [4.69, 9.17) is 16.7 Å². The number of pyridine rings is 1. The predicted molar refractivity (Wildman–Crippen MR) is 35.6 cm³/mol. The zero-order chi connectivity index (χ0) is 6.85. The van der Waals surface area contributed by atoms with Gasteiger partial charge in [-0.1, -0.05) is 11.6 Å². The van der Waals surface area contributed by atoms with Gasteiger partial charge in [-0.15, -0.1) is 0 Å². The average molecular weight is 144 g/mol. The van der Waals surface area contributed by atoms with Crippen molar-refractivity contribution >= 4 is 11.6 Å². The first-order valence-corrected chi connectivity index (χ1v) is 2.89. The second kappa shape index (κ2) is 2.23. The van der Waals surface area contributed by atoms with E-state index in [2.05, 4.69) is 4.98 Å². The van der Waals surface area contributed by atoms with Crippen LogP contribution in [0.5, 0.6) is 5.75 Å². The normalized spacial score (nSPS) is 9.56. The molecule has 0 aliphatic rings. The van der Waals surface area contributed by atoms with Crippen molar-refractivity contribution in [2.75, 3.05) is 0 Å². The van der Waals surface area contributed by atoms with Crippen LogP contribution in [0.1, 0.15) is 5.69 Å². The van der Waals surface area contributed by atoms with Gasteiger partial charge >= 0.3 is 0 Å². The van der Waals surface area contributed by atoms with Gasteiger partial charge in [0.2, 0.25) is 0 Å². The highest BCUT2D eigenvalue weighted by molar-refractivity contribution is 6.29. The standard InChI is InChI=1S/C6H6ClNO/c1-4-2-5(9)3-6(7)8-4/h2-3H,1H3,(H,8,9). The Hall–Kier alpha value is -0.760. The molecule has 1 heterocycles. The summed E-state index contributed by atoms with van der Waals surface area (Å²) < 4.78 is 0. The van der Waals surface area contributed by atoms with Crippen LogP contribution in [-0.4, -0.2) is 10.1 Å². The lowest BCUT2D eigenvalue weighted by molar-refractivity contribution is 0.474. The van der Waals surface area contributed by atoms with Crippen LogP contribution in [0.2, 0.25) is 5.15 Å². The molecule has 0 radical (unpaired) electrons. The minimum Gasteiger partial charge on any atom is -0.508 e. The summed E-state index contributed by atoms with van der Waals surface area (Å²) in [6.07, 6.45) is 0. The SMILES string of the molecule is Cc1cc(O)cc(Cl)n1. The van der Waals surface area contributed by atoms with E-state index in [1.807, 2.05) is 0 Å². The topological polar surface area (TPSA) is 33.1 Å². The molecule has 0 unspecified atom stereocenters. The van der Waals surface area contributed by atoms with Gasteiger partial charge < -0.3 is 5.11 Å².